The molecular formula is C15H18Cl2N2O3. The smallest absolute Gasteiger partial charge is 0.407 e. The third-order valence-corrected chi connectivity index (χ3v) is 4.80. The highest BCUT2D eigenvalue weighted by Crippen LogP contribution is 2.32. The van der Waals surface area contributed by atoms with E-state index in [9.17, 15) is 4.79 Å². The highest BCUT2D eigenvalue weighted by atomic mass is 35.5. The van der Waals surface area contributed by atoms with Gasteiger partial charge in [0, 0.05) is 32.5 Å². The molecule has 2 saturated heterocycles. The van der Waals surface area contributed by atoms with Crippen LogP contribution in [0.25, 0.3) is 0 Å². The Balaban J connectivity index is 1.45. The van der Waals surface area contributed by atoms with E-state index in [4.69, 9.17) is 32.7 Å². The molecule has 0 saturated carbocycles. The van der Waals surface area contributed by atoms with Gasteiger partial charge in [0.05, 0.1) is 16.6 Å². The van der Waals surface area contributed by atoms with Gasteiger partial charge < -0.3 is 14.8 Å². The normalized spacial score (nSPS) is 20.7. The molecule has 0 atom stereocenters. The molecule has 1 aromatic carbocycles. The predicted octanol–water partition coefficient (Wildman–Crippen LogP) is 2.95. The average molecular weight is 345 g/mol. The van der Waals surface area contributed by atoms with Crippen LogP contribution in [0.15, 0.2) is 18.2 Å². The molecule has 1 amide bonds. The van der Waals surface area contributed by atoms with E-state index in [1.165, 1.54) is 0 Å². The number of nitrogens with zero attached hydrogens (tertiary/aromatic N) is 1. The van der Waals surface area contributed by atoms with Crippen LogP contribution >= 0.6 is 23.2 Å². The highest BCUT2D eigenvalue weighted by molar-refractivity contribution is 6.37. The van der Waals surface area contributed by atoms with Gasteiger partial charge in [0.15, 0.2) is 5.75 Å². The summed E-state index contributed by atoms with van der Waals surface area (Å²) >= 11 is 12.1. The molecule has 0 unspecified atom stereocenters. The van der Waals surface area contributed by atoms with E-state index < -0.39 is 0 Å². The molecule has 2 aliphatic rings. The van der Waals surface area contributed by atoms with Crippen molar-refractivity contribution in [3.8, 4) is 5.75 Å². The number of para-hydroxylation sites is 1. The molecule has 2 fully saturated rings. The van der Waals surface area contributed by atoms with Gasteiger partial charge in [0.1, 0.15) is 12.2 Å². The maximum absolute atomic E-state index is 11.2. The number of benzene rings is 1. The van der Waals surface area contributed by atoms with Crippen molar-refractivity contribution in [3.05, 3.63) is 28.2 Å². The van der Waals surface area contributed by atoms with E-state index >= 15 is 0 Å². The first kappa shape index (κ1) is 15.7. The minimum atomic E-state index is -0.305. The van der Waals surface area contributed by atoms with Crippen molar-refractivity contribution >= 4 is 29.3 Å². The van der Waals surface area contributed by atoms with Crippen molar-refractivity contribution in [3.63, 3.8) is 0 Å². The van der Waals surface area contributed by atoms with Crippen molar-refractivity contribution in [2.45, 2.75) is 18.4 Å². The Bertz CT molecular complexity index is 539. The van der Waals surface area contributed by atoms with Gasteiger partial charge in [-0.25, -0.2) is 4.79 Å². The molecule has 0 radical (unpaired) electrons. The number of halogens is 2. The highest BCUT2D eigenvalue weighted by Gasteiger charge is 2.42. The second kappa shape index (κ2) is 6.52. The Kier molecular flexibility index (Phi) is 4.66. The summed E-state index contributed by atoms with van der Waals surface area (Å²) < 4.78 is 11.1. The third-order valence-electron chi connectivity index (χ3n) is 4.20. The van der Waals surface area contributed by atoms with E-state index in [1.807, 2.05) is 0 Å². The first-order valence-corrected chi connectivity index (χ1v) is 8.10. The second-order valence-electron chi connectivity index (χ2n) is 5.67. The van der Waals surface area contributed by atoms with Crippen molar-refractivity contribution in [2.75, 3.05) is 32.8 Å². The van der Waals surface area contributed by atoms with E-state index in [2.05, 4.69) is 10.2 Å². The lowest BCUT2D eigenvalue weighted by atomic mass is 9.92. The summed E-state index contributed by atoms with van der Waals surface area (Å²) in [5, 5.41) is 3.78. The van der Waals surface area contributed by atoms with Gasteiger partial charge in [-0.3, -0.25) is 4.90 Å². The summed E-state index contributed by atoms with van der Waals surface area (Å²) in [7, 11) is 0. The molecule has 1 N–H and O–H groups in total. The van der Waals surface area contributed by atoms with Crippen LogP contribution in [-0.2, 0) is 4.74 Å². The lowest BCUT2D eigenvalue weighted by molar-refractivity contribution is -0.00146. The summed E-state index contributed by atoms with van der Waals surface area (Å²) in [5.74, 6) is 0.535. The Morgan fingerprint density at radius 3 is 2.55 bits per heavy atom. The average Bonchev–Trinajstić information content (AvgIpc) is 2.85. The van der Waals surface area contributed by atoms with Gasteiger partial charge in [-0.2, -0.15) is 0 Å². The molecular weight excluding hydrogens is 327 g/mol. The van der Waals surface area contributed by atoms with Crippen LogP contribution in [0.2, 0.25) is 10.0 Å². The summed E-state index contributed by atoms with van der Waals surface area (Å²) in [4.78, 5) is 13.5. The number of rotatable bonds is 4. The van der Waals surface area contributed by atoms with Gasteiger partial charge >= 0.3 is 6.09 Å². The van der Waals surface area contributed by atoms with Crippen LogP contribution in [0.1, 0.15) is 12.8 Å². The number of hydrogen-bond donors (Lipinski definition) is 1. The third kappa shape index (κ3) is 3.42. The van der Waals surface area contributed by atoms with Gasteiger partial charge in [0.25, 0.3) is 0 Å². The fourth-order valence-electron chi connectivity index (χ4n) is 2.86. The Labute approximate surface area is 139 Å². The Morgan fingerprint density at radius 2 is 1.95 bits per heavy atom. The molecule has 7 heteroatoms. The molecule has 0 aliphatic carbocycles. The van der Waals surface area contributed by atoms with Gasteiger partial charge in [-0.05, 0) is 12.1 Å². The van der Waals surface area contributed by atoms with Crippen molar-refractivity contribution in [1.29, 1.82) is 0 Å². The molecule has 120 valence electrons. The number of nitrogens with one attached hydrogen (secondary N) is 1. The van der Waals surface area contributed by atoms with Crippen LogP contribution in [0.5, 0.6) is 5.75 Å². The largest absolute Gasteiger partial charge is 0.489 e. The number of carbonyl (C=O) groups is 1. The molecule has 1 aromatic rings. The molecule has 5 nitrogen and oxygen atoms in total. The van der Waals surface area contributed by atoms with E-state index in [0.29, 0.717) is 28.9 Å². The first-order valence-electron chi connectivity index (χ1n) is 7.34. The van der Waals surface area contributed by atoms with Gasteiger partial charge in [0.2, 0.25) is 0 Å². The van der Waals surface area contributed by atoms with Crippen molar-refractivity contribution in [1.82, 2.24) is 10.2 Å². The van der Waals surface area contributed by atoms with Gasteiger partial charge in [-0.15, -0.1) is 0 Å². The molecule has 22 heavy (non-hydrogen) atoms. The Hall–Kier alpha value is -1.17. The fourth-order valence-corrected chi connectivity index (χ4v) is 3.37. The zero-order valence-corrected chi connectivity index (χ0v) is 13.6. The van der Waals surface area contributed by atoms with E-state index in [-0.39, 0.29) is 11.7 Å². The van der Waals surface area contributed by atoms with Crippen LogP contribution in [0.3, 0.4) is 0 Å². The zero-order chi connectivity index (χ0) is 15.6. The molecule has 0 aromatic heterocycles. The Morgan fingerprint density at radius 1 is 1.27 bits per heavy atom. The topological polar surface area (TPSA) is 50.8 Å². The quantitative estimate of drug-likeness (QED) is 0.912. The van der Waals surface area contributed by atoms with Crippen molar-refractivity contribution < 1.29 is 14.3 Å². The zero-order valence-electron chi connectivity index (χ0n) is 12.1. The number of ether oxygens (including phenoxy) is 2. The summed E-state index contributed by atoms with van der Waals surface area (Å²) in [6.07, 6.45) is 1.39. The molecule has 1 spiro atoms. The number of hydrogen-bond acceptors (Lipinski definition) is 4. The minimum Gasteiger partial charge on any atom is -0.489 e. The number of alkyl carbamates (subject to hydrolysis) is 1. The minimum absolute atomic E-state index is 0.301. The van der Waals surface area contributed by atoms with E-state index in [1.54, 1.807) is 18.2 Å². The molecule has 2 heterocycles. The molecule has 3 rings (SSSR count). The van der Waals surface area contributed by atoms with Gasteiger partial charge in [-0.1, -0.05) is 29.3 Å². The maximum atomic E-state index is 11.2. The monoisotopic (exact) mass is 344 g/mol. The summed E-state index contributed by atoms with van der Waals surface area (Å²) in [6, 6.07) is 5.31. The van der Waals surface area contributed by atoms with E-state index in [0.717, 1.165) is 32.5 Å². The number of amides is 1. The standard InChI is InChI=1S/C15H18Cl2N2O3/c16-11-2-1-3-12(17)13(11)21-9-8-19-6-4-15(5-7-19)10-18-14(20)22-15/h1-3H,4-10H2,(H,18,20). The van der Waals surface area contributed by atoms with Crippen LogP contribution in [0, 0.1) is 0 Å². The lowest BCUT2D eigenvalue weighted by Gasteiger charge is -2.37. The van der Waals surface area contributed by atoms with Crippen LogP contribution in [0.4, 0.5) is 4.79 Å². The first-order chi connectivity index (χ1) is 10.6. The predicted molar refractivity (Wildman–Crippen MR) is 84.8 cm³/mol. The maximum Gasteiger partial charge on any atom is 0.407 e. The lowest BCUT2D eigenvalue weighted by Crippen LogP contribution is -2.47. The molecule has 0 bridgehead atoms. The number of likely N-dealkylation sites (tertiary alicyclic amines) is 1. The van der Waals surface area contributed by atoms with Crippen LogP contribution in [-0.4, -0.2) is 49.4 Å². The van der Waals surface area contributed by atoms with Crippen LogP contribution < -0.4 is 10.1 Å². The second-order valence-corrected chi connectivity index (χ2v) is 6.48. The molecule has 2 aliphatic heterocycles. The van der Waals surface area contributed by atoms with Crippen molar-refractivity contribution in [2.24, 2.45) is 0 Å². The number of piperidine rings is 1. The SMILES string of the molecule is O=C1NCC2(CCN(CCOc3c(Cl)cccc3Cl)CC2)O1. The summed E-state index contributed by atoms with van der Waals surface area (Å²) in [5.41, 5.74) is -0.305. The fraction of sp³-hybridized carbons (Fsp3) is 0.533. The number of carbonyl (C=O) groups excluding carboxylic acids is 1. The summed E-state index contributed by atoms with van der Waals surface area (Å²) in [6.45, 7) is 3.70.